The molecule has 0 saturated carbocycles. The highest BCUT2D eigenvalue weighted by atomic mass is 32.1. The number of amides is 3. The fourth-order valence-corrected chi connectivity index (χ4v) is 4.71. The molecule has 0 radical (unpaired) electrons. The minimum Gasteiger partial charge on any atom is -0.409 e. The number of carbonyl (C=O) groups excluding carboxylic acids is 2. The summed E-state index contributed by atoms with van der Waals surface area (Å²) in [6, 6.07) is 3.06. The van der Waals surface area contributed by atoms with Crippen LogP contribution in [0.15, 0.2) is 36.7 Å². The van der Waals surface area contributed by atoms with Gasteiger partial charge in [0.1, 0.15) is 5.75 Å². The van der Waals surface area contributed by atoms with Gasteiger partial charge < -0.3 is 20.1 Å². The number of benzene rings is 1. The number of ether oxygens (including phenoxy) is 2. The molecule has 0 bridgehead atoms. The molecule has 4 heterocycles. The van der Waals surface area contributed by atoms with Crippen molar-refractivity contribution in [3.63, 3.8) is 0 Å². The van der Waals surface area contributed by atoms with Crippen LogP contribution in [0.1, 0.15) is 5.56 Å². The van der Waals surface area contributed by atoms with Gasteiger partial charge in [-0.05, 0) is 12.1 Å². The van der Waals surface area contributed by atoms with Crippen molar-refractivity contribution in [3.8, 4) is 16.3 Å². The number of halogens is 4. The molecular weight excluding hydrogens is 572 g/mol. The molecule has 41 heavy (non-hydrogen) atoms. The topological polar surface area (TPSA) is 146 Å². The summed E-state index contributed by atoms with van der Waals surface area (Å²) in [6.45, 7) is 3.89. The quantitative estimate of drug-likeness (QED) is 0.232. The van der Waals surface area contributed by atoms with Gasteiger partial charge in [0.25, 0.3) is 0 Å². The first-order chi connectivity index (χ1) is 19.7. The molecule has 3 aromatic heterocycles. The monoisotopic (exact) mass is 594 g/mol. The average molecular weight is 595 g/mol. The van der Waals surface area contributed by atoms with E-state index < -0.39 is 35.4 Å². The minimum absolute atomic E-state index is 0.0553. The van der Waals surface area contributed by atoms with E-state index in [1.54, 1.807) is 0 Å². The second kappa shape index (κ2) is 12.0. The number of hydrogen-bond acceptors (Lipinski definition) is 9. The maximum atomic E-state index is 14.2. The summed E-state index contributed by atoms with van der Waals surface area (Å²) in [7, 11) is 0. The zero-order valence-corrected chi connectivity index (χ0v) is 21.9. The highest BCUT2D eigenvalue weighted by Crippen LogP contribution is 2.35. The van der Waals surface area contributed by atoms with Gasteiger partial charge in [0, 0.05) is 38.4 Å². The van der Waals surface area contributed by atoms with Crippen molar-refractivity contribution in [1.82, 2.24) is 30.4 Å². The molecule has 0 spiro atoms. The number of fused-ring (bicyclic) bond motifs is 1. The Bertz CT molecular complexity index is 1550. The number of urea groups is 1. The van der Waals surface area contributed by atoms with Crippen LogP contribution in [-0.2, 0) is 10.9 Å². The lowest BCUT2D eigenvalue weighted by Gasteiger charge is -2.26. The average Bonchev–Trinajstić information content (AvgIpc) is 3.60. The molecule has 1 fully saturated rings. The maximum Gasteiger partial charge on any atom is 0.419 e. The zero-order chi connectivity index (χ0) is 29.0. The number of nitrogens with one attached hydrogen (secondary N) is 4. The molecule has 0 aliphatic carbocycles. The highest BCUT2D eigenvalue weighted by molar-refractivity contribution is 7.19. The number of H-pyrrole nitrogens is 1. The third kappa shape index (κ3) is 6.87. The molecule has 5 rings (SSSR count). The minimum atomic E-state index is -4.92. The molecule has 17 heteroatoms. The Morgan fingerprint density at radius 2 is 1.98 bits per heavy atom. The van der Waals surface area contributed by atoms with Crippen LogP contribution in [0.3, 0.4) is 0 Å². The van der Waals surface area contributed by atoms with Gasteiger partial charge in [0.15, 0.2) is 16.6 Å². The smallest absolute Gasteiger partial charge is 0.409 e. The fourth-order valence-electron chi connectivity index (χ4n) is 3.94. The van der Waals surface area contributed by atoms with Crippen LogP contribution in [0.25, 0.3) is 21.6 Å². The molecule has 1 saturated heterocycles. The van der Waals surface area contributed by atoms with Crippen LogP contribution in [0.2, 0.25) is 0 Å². The molecule has 1 aromatic carbocycles. The van der Waals surface area contributed by atoms with Crippen LogP contribution < -0.4 is 20.7 Å². The number of nitrogens with zero attached hydrogens (tertiary/aromatic N) is 4. The van der Waals surface area contributed by atoms with E-state index in [1.807, 2.05) is 5.32 Å². The predicted molar refractivity (Wildman–Crippen MR) is 140 cm³/mol. The molecule has 0 unspecified atom stereocenters. The standard InChI is InChI=1S/C24H22F4N8O4S/c25-19-14(24(26,27)28)2-1-3-15(19)33-21(37)34-22-30-12-18(41-22)16-10-17(13-11-31-35-20(13)32-16)40-23(38)29-4-5-36-6-8-39-9-7-36/h1-3,10-12H,4-9H2,(H,29,38)(H,31,32,35)(H2,30,33,34,37). The van der Waals surface area contributed by atoms with Crippen LogP contribution in [0, 0.1) is 5.82 Å². The largest absolute Gasteiger partial charge is 0.419 e. The van der Waals surface area contributed by atoms with Crippen molar-refractivity contribution in [2.75, 3.05) is 50.0 Å². The van der Waals surface area contributed by atoms with Crippen LogP contribution in [-0.4, -0.2) is 76.6 Å². The summed E-state index contributed by atoms with van der Waals surface area (Å²) in [6.07, 6.45) is -2.73. The van der Waals surface area contributed by atoms with Crippen LogP contribution >= 0.6 is 11.3 Å². The van der Waals surface area contributed by atoms with Gasteiger partial charge >= 0.3 is 18.3 Å². The van der Waals surface area contributed by atoms with Gasteiger partial charge in [-0.3, -0.25) is 15.3 Å². The third-order valence-corrected chi connectivity index (χ3v) is 6.85. The number of pyridine rings is 1. The van der Waals surface area contributed by atoms with Gasteiger partial charge in [-0.2, -0.15) is 18.3 Å². The van der Waals surface area contributed by atoms with E-state index in [9.17, 15) is 27.2 Å². The third-order valence-electron chi connectivity index (χ3n) is 5.92. The van der Waals surface area contributed by atoms with E-state index in [1.165, 1.54) is 18.5 Å². The van der Waals surface area contributed by atoms with Crippen LogP contribution in [0.4, 0.5) is 38.0 Å². The summed E-state index contributed by atoms with van der Waals surface area (Å²) in [5, 5.41) is 14.3. The number of anilines is 2. The van der Waals surface area contributed by atoms with Crippen molar-refractivity contribution >= 4 is 45.3 Å². The first kappa shape index (κ1) is 28.2. The predicted octanol–water partition coefficient (Wildman–Crippen LogP) is 4.30. The Morgan fingerprint density at radius 3 is 2.76 bits per heavy atom. The molecular formula is C24H22F4N8O4S. The molecule has 4 aromatic rings. The van der Waals surface area contributed by atoms with E-state index in [-0.39, 0.29) is 10.9 Å². The molecule has 0 atom stereocenters. The number of morpholine rings is 1. The lowest BCUT2D eigenvalue weighted by molar-refractivity contribution is -0.139. The summed E-state index contributed by atoms with van der Waals surface area (Å²) in [5.41, 5.74) is -1.48. The first-order valence-electron chi connectivity index (χ1n) is 12.2. The summed E-state index contributed by atoms with van der Waals surface area (Å²) in [4.78, 5) is 35.9. The molecule has 3 amide bonds. The van der Waals surface area contributed by atoms with E-state index in [4.69, 9.17) is 9.47 Å². The molecule has 1 aliphatic rings. The molecule has 216 valence electrons. The van der Waals surface area contributed by atoms with Crippen molar-refractivity contribution in [1.29, 1.82) is 0 Å². The number of aromatic amines is 1. The van der Waals surface area contributed by atoms with Crippen molar-refractivity contribution in [2.24, 2.45) is 0 Å². The zero-order valence-electron chi connectivity index (χ0n) is 21.0. The number of alkyl halides is 3. The molecule has 12 nitrogen and oxygen atoms in total. The van der Waals surface area contributed by atoms with Gasteiger partial charge in [-0.25, -0.2) is 23.9 Å². The van der Waals surface area contributed by atoms with E-state index in [0.29, 0.717) is 54.0 Å². The molecule has 4 N–H and O–H groups in total. The second-order valence-electron chi connectivity index (χ2n) is 8.68. The van der Waals surface area contributed by atoms with Gasteiger partial charge in [0.05, 0.1) is 46.6 Å². The number of thiazole rings is 1. The normalized spacial score (nSPS) is 14.1. The lowest BCUT2D eigenvalue weighted by atomic mass is 10.2. The van der Waals surface area contributed by atoms with E-state index >= 15 is 0 Å². The first-order valence-corrected chi connectivity index (χ1v) is 13.0. The van der Waals surface area contributed by atoms with E-state index in [0.717, 1.165) is 36.6 Å². The lowest BCUT2D eigenvalue weighted by Crippen LogP contribution is -2.41. The van der Waals surface area contributed by atoms with Gasteiger partial charge in [-0.15, -0.1) is 0 Å². The van der Waals surface area contributed by atoms with E-state index in [2.05, 4.69) is 35.7 Å². The Kier molecular flexibility index (Phi) is 8.27. The Hall–Kier alpha value is -4.35. The van der Waals surface area contributed by atoms with Crippen molar-refractivity contribution in [2.45, 2.75) is 6.18 Å². The van der Waals surface area contributed by atoms with Crippen LogP contribution in [0.5, 0.6) is 5.75 Å². The summed E-state index contributed by atoms with van der Waals surface area (Å²) < 4.78 is 63.9. The number of aromatic nitrogens is 4. The van der Waals surface area contributed by atoms with Gasteiger partial charge in [0.2, 0.25) is 0 Å². The highest BCUT2D eigenvalue weighted by Gasteiger charge is 2.35. The maximum absolute atomic E-state index is 14.2. The van der Waals surface area contributed by atoms with Crippen molar-refractivity contribution in [3.05, 3.63) is 48.0 Å². The number of rotatable bonds is 7. The Morgan fingerprint density at radius 1 is 1.17 bits per heavy atom. The summed E-state index contributed by atoms with van der Waals surface area (Å²) >= 11 is 0.979. The number of carbonyl (C=O) groups is 2. The second-order valence-corrected chi connectivity index (χ2v) is 9.71. The summed E-state index contributed by atoms with van der Waals surface area (Å²) in [5.74, 6) is -1.42. The Labute approximate surface area is 233 Å². The molecule has 1 aliphatic heterocycles. The fraction of sp³-hybridized carbons (Fsp3) is 0.292. The van der Waals surface area contributed by atoms with Gasteiger partial charge in [-0.1, -0.05) is 17.4 Å². The number of hydrogen-bond donors (Lipinski definition) is 4. The Balaban J connectivity index is 1.24. The van der Waals surface area contributed by atoms with Crippen molar-refractivity contribution < 1.29 is 36.6 Å². The SMILES string of the molecule is O=C(Nc1ncc(-c2cc(OC(=O)NCCN3CCOCC3)c3cn[nH]c3n2)s1)Nc1cccc(C(F)(F)F)c1F.